The number of carboxylic acid groups (broad SMARTS) is 1. The molecule has 0 radical (unpaired) electrons. The number of esters is 1. The Kier molecular flexibility index (Phi) is 3.61. The average Bonchev–Trinajstić information content (AvgIpc) is 2.54. The van der Waals surface area contributed by atoms with Crippen LogP contribution in [-0.4, -0.2) is 29.9 Å². The van der Waals surface area contributed by atoms with Gasteiger partial charge >= 0.3 is 11.9 Å². The van der Waals surface area contributed by atoms with Gasteiger partial charge < -0.3 is 9.84 Å². The topological polar surface area (TPSA) is 104 Å². The molecule has 6 nitrogen and oxygen atoms in total. The summed E-state index contributed by atoms with van der Waals surface area (Å²) in [7, 11) is 1.17. The van der Waals surface area contributed by atoms with Crippen molar-refractivity contribution >= 4 is 17.7 Å². The van der Waals surface area contributed by atoms with Crippen LogP contribution in [0.25, 0.3) is 0 Å². The highest BCUT2D eigenvalue weighted by Gasteiger charge is 2.47. The van der Waals surface area contributed by atoms with E-state index in [-0.39, 0.29) is 12.2 Å². The Hall–Kier alpha value is -1.90. The van der Waals surface area contributed by atoms with Crippen molar-refractivity contribution < 1.29 is 24.2 Å². The lowest BCUT2D eigenvalue weighted by Crippen LogP contribution is -2.24. The van der Waals surface area contributed by atoms with Gasteiger partial charge in [-0.25, -0.2) is 0 Å². The minimum atomic E-state index is -1.15. The molecule has 1 fully saturated rings. The van der Waals surface area contributed by atoms with Gasteiger partial charge in [0.25, 0.3) is 0 Å². The van der Waals surface area contributed by atoms with E-state index in [9.17, 15) is 14.4 Å². The average molecular weight is 225 g/mol. The molecule has 3 unspecified atom stereocenters. The second-order valence-corrected chi connectivity index (χ2v) is 3.66. The van der Waals surface area contributed by atoms with Crippen LogP contribution in [0.15, 0.2) is 0 Å². The lowest BCUT2D eigenvalue weighted by atomic mass is 9.88. The molecular formula is C10H11NO5. The number of nitriles is 1. The first-order chi connectivity index (χ1) is 7.51. The summed E-state index contributed by atoms with van der Waals surface area (Å²) in [6.07, 6.45) is -0.520. The molecule has 0 bridgehead atoms. The van der Waals surface area contributed by atoms with Crippen molar-refractivity contribution in [1.82, 2.24) is 0 Å². The maximum atomic E-state index is 11.5. The molecule has 0 aromatic heterocycles. The lowest BCUT2D eigenvalue weighted by Gasteiger charge is -2.13. The molecule has 1 aliphatic carbocycles. The fourth-order valence-electron chi connectivity index (χ4n) is 1.97. The van der Waals surface area contributed by atoms with Gasteiger partial charge in [0, 0.05) is 12.3 Å². The summed E-state index contributed by atoms with van der Waals surface area (Å²) in [6, 6.07) is 1.83. The highest BCUT2D eigenvalue weighted by molar-refractivity contribution is 5.93. The number of ether oxygens (including phenoxy) is 1. The molecule has 3 atom stereocenters. The standard InChI is InChI=1S/C10H11NO5/c1-16-10(15)6-2-8(12)5(3-9(13)14)7(6)4-11/h5-7H,2-3H2,1H3,(H,13,14). The van der Waals surface area contributed by atoms with Crippen molar-refractivity contribution in [3.05, 3.63) is 0 Å². The number of carboxylic acids is 1. The van der Waals surface area contributed by atoms with Crippen LogP contribution < -0.4 is 0 Å². The molecule has 0 spiro atoms. The molecule has 0 aromatic rings. The molecule has 6 heteroatoms. The van der Waals surface area contributed by atoms with E-state index in [0.717, 1.165) is 0 Å². The highest BCUT2D eigenvalue weighted by Crippen LogP contribution is 2.36. The molecule has 86 valence electrons. The number of methoxy groups -OCH3 is 1. The zero-order chi connectivity index (χ0) is 12.3. The van der Waals surface area contributed by atoms with Gasteiger partial charge in [0.2, 0.25) is 0 Å². The third-order valence-electron chi connectivity index (χ3n) is 2.75. The Labute approximate surface area is 91.8 Å². The Morgan fingerprint density at radius 2 is 2.25 bits per heavy atom. The third-order valence-corrected chi connectivity index (χ3v) is 2.75. The fourth-order valence-corrected chi connectivity index (χ4v) is 1.97. The largest absolute Gasteiger partial charge is 0.481 e. The summed E-state index contributed by atoms with van der Waals surface area (Å²) in [5.74, 6) is -4.75. The van der Waals surface area contributed by atoms with Gasteiger partial charge in [-0.15, -0.1) is 0 Å². The first kappa shape index (κ1) is 12.2. The highest BCUT2D eigenvalue weighted by atomic mass is 16.5. The van der Waals surface area contributed by atoms with Crippen molar-refractivity contribution in [3.8, 4) is 6.07 Å². The summed E-state index contributed by atoms with van der Waals surface area (Å²) < 4.78 is 4.48. The van der Waals surface area contributed by atoms with E-state index < -0.39 is 36.1 Å². The van der Waals surface area contributed by atoms with Crippen LogP contribution >= 0.6 is 0 Å². The molecule has 1 N–H and O–H groups in total. The van der Waals surface area contributed by atoms with E-state index in [1.54, 1.807) is 0 Å². The van der Waals surface area contributed by atoms with Crippen LogP contribution in [0.4, 0.5) is 0 Å². The van der Waals surface area contributed by atoms with E-state index in [0.29, 0.717) is 0 Å². The number of ketones is 1. The van der Waals surface area contributed by atoms with Crippen molar-refractivity contribution in [3.63, 3.8) is 0 Å². The number of hydrogen-bond donors (Lipinski definition) is 1. The van der Waals surface area contributed by atoms with Crippen LogP contribution in [-0.2, 0) is 19.1 Å². The smallest absolute Gasteiger partial charge is 0.310 e. The van der Waals surface area contributed by atoms with Gasteiger partial charge in [0.15, 0.2) is 0 Å². The Balaban J connectivity index is 2.88. The first-order valence-electron chi connectivity index (χ1n) is 4.73. The minimum Gasteiger partial charge on any atom is -0.481 e. The second-order valence-electron chi connectivity index (χ2n) is 3.66. The minimum absolute atomic E-state index is 0.108. The second kappa shape index (κ2) is 4.75. The zero-order valence-electron chi connectivity index (χ0n) is 8.67. The predicted molar refractivity (Wildman–Crippen MR) is 50.0 cm³/mol. The summed E-state index contributed by atoms with van der Waals surface area (Å²) >= 11 is 0. The lowest BCUT2D eigenvalue weighted by molar-refractivity contribution is -0.147. The number of hydrogen-bond acceptors (Lipinski definition) is 5. The maximum Gasteiger partial charge on any atom is 0.310 e. The van der Waals surface area contributed by atoms with E-state index in [4.69, 9.17) is 10.4 Å². The van der Waals surface area contributed by atoms with Gasteiger partial charge in [-0.1, -0.05) is 0 Å². The Morgan fingerprint density at radius 3 is 2.69 bits per heavy atom. The maximum absolute atomic E-state index is 11.5. The van der Waals surface area contributed by atoms with Crippen molar-refractivity contribution in [2.45, 2.75) is 12.8 Å². The van der Waals surface area contributed by atoms with Crippen molar-refractivity contribution in [2.24, 2.45) is 17.8 Å². The monoisotopic (exact) mass is 225 g/mol. The van der Waals surface area contributed by atoms with E-state index >= 15 is 0 Å². The van der Waals surface area contributed by atoms with Crippen LogP contribution in [0.3, 0.4) is 0 Å². The Morgan fingerprint density at radius 1 is 1.62 bits per heavy atom. The van der Waals surface area contributed by atoms with Crippen molar-refractivity contribution in [1.29, 1.82) is 5.26 Å². The molecule has 16 heavy (non-hydrogen) atoms. The number of Topliss-reactive ketones (excluding diaryl/α,β-unsaturated/α-hetero) is 1. The molecule has 0 heterocycles. The molecule has 0 aliphatic heterocycles. The van der Waals surface area contributed by atoms with E-state index in [1.165, 1.54) is 7.11 Å². The van der Waals surface area contributed by atoms with Gasteiger partial charge in [0.05, 0.1) is 31.4 Å². The number of nitrogens with zero attached hydrogens (tertiary/aromatic N) is 1. The summed E-state index contributed by atoms with van der Waals surface area (Å²) in [6.45, 7) is 0. The number of carbonyl (C=O) groups excluding carboxylic acids is 2. The van der Waals surface area contributed by atoms with Gasteiger partial charge in [-0.05, 0) is 0 Å². The number of rotatable bonds is 3. The van der Waals surface area contributed by atoms with Gasteiger partial charge in [-0.2, -0.15) is 5.26 Å². The molecule has 1 rings (SSSR count). The predicted octanol–water partition coefficient (Wildman–Crippen LogP) is -0.0209. The SMILES string of the molecule is COC(=O)C1CC(=O)C(CC(=O)O)C1C#N. The summed E-state index contributed by atoms with van der Waals surface area (Å²) in [5.41, 5.74) is 0. The summed E-state index contributed by atoms with van der Waals surface area (Å²) in [5, 5.41) is 17.5. The van der Waals surface area contributed by atoms with Crippen LogP contribution in [0.2, 0.25) is 0 Å². The molecule has 0 saturated heterocycles. The first-order valence-corrected chi connectivity index (χ1v) is 4.73. The molecular weight excluding hydrogens is 214 g/mol. The Bertz CT molecular complexity index is 370. The zero-order valence-corrected chi connectivity index (χ0v) is 8.67. The van der Waals surface area contributed by atoms with E-state index in [2.05, 4.69) is 4.74 Å². The fraction of sp³-hybridized carbons (Fsp3) is 0.600. The molecule has 0 amide bonds. The third kappa shape index (κ3) is 2.19. The van der Waals surface area contributed by atoms with Crippen molar-refractivity contribution in [2.75, 3.05) is 7.11 Å². The normalized spacial score (nSPS) is 28.5. The van der Waals surface area contributed by atoms with E-state index in [1.807, 2.05) is 6.07 Å². The molecule has 0 aromatic carbocycles. The van der Waals surface area contributed by atoms with Crippen LogP contribution in [0.1, 0.15) is 12.8 Å². The number of carbonyl (C=O) groups is 3. The number of aliphatic carboxylic acids is 1. The molecule has 1 saturated carbocycles. The van der Waals surface area contributed by atoms with Gasteiger partial charge in [-0.3, -0.25) is 14.4 Å². The molecule has 1 aliphatic rings. The summed E-state index contributed by atoms with van der Waals surface area (Å²) in [4.78, 5) is 33.3. The van der Waals surface area contributed by atoms with Gasteiger partial charge in [0.1, 0.15) is 5.78 Å². The quantitative estimate of drug-likeness (QED) is 0.677. The van der Waals surface area contributed by atoms with Crippen LogP contribution in [0.5, 0.6) is 0 Å². The van der Waals surface area contributed by atoms with Crippen LogP contribution in [0, 0.1) is 29.1 Å².